The molecular formula is C15H21NO5. The van der Waals surface area contributed by atoms with Crippen LogP contribution in [0, 0.1) is 0 Å². The Kier molecular flexibility index (Phi) is 6.17. The first-order valence-corrected chi connectivity index (χ1v) is 6.74. The Morgan fingerprint density at radius 2 is 1.76 bits per heavy atom. The van der Waals surface area contributed by atoms with Gasteiger partial charge in [-0.15, -0.1) is 0 Å². The van der Waals surface area contributed by atoms with Crippen molar-refractivity contribution in [2.75, 3.05) is 6.61 Å². The molecule has 0 aliphatic heterocycles. The molecule has 21 heavy (non-hydrogen) atoms. The van der Waals surface area contributed by atoms with Crippen molar-refractivity contribution in [3.05, 3.63) is 29.8 Å². The van der Waals surface area contributed by atoms with Crippen LogP contribution in [0.3, 0.4) is 0 Å². The number of nitrogens with one attached hydrogen (secondary N) is 1. The molecule has 0 aliphatic rings. The normalized spacial score (nSPS) is 13.6. The van der Waals surface area contributed by atoms with Crippen LogP contribution in [0.25, 0.3) is 0 Å². The van der Waals surface area contributed by atoms with Crippen molar-refractivity contribution in [3.63, 3.8) is 0 Å². The van der Waals surface area contributed by atoms with Crippen LogP contribution in [-0.4, -0.2) is 40.8 Å². The minimum atomic E-state index is -1.34. The van der Waals surface area contributed by atoms with Crippen molar-refractivity contribution in [1.82, 2.24) is 5.32 Å². The highest BCUT2D eigenvalue weighted by Gasteiger charge is 2.24. The zero-order valence-corrected chi connectivity index (χ0v) is 12.4. The highest BCUT2D eigenvalue weighted by molar-refractivity contribution is 5.84. The van der Waals surface area contributed by atoms with Crippen LogP contribution < -0.4 is 10.1 Å². The minimum Gasteiger partial charge on any atom is -0.484 e. The zero-order valence-electron chi connectivity index (χ0n) is 12.4. The van der Waals surface area contributed by atoms with Gasteiger partial charge in [0, 0.05) is 0 Å². The summed E-state index contributed by atoms with van der Waals surface area (Å²) in [5.74, 6) is -0.959. The van der Waals surface area contributed by atoms with E-state index in [1.54, 1.807) is 12.1 Å². The molecule has 0 spiro atoms. The third-order valence-electron chi connectivity index (χ3n) is 2.98. The van der Waals surface area contributed by atoms with Gasteiger partial charge in [-0.3, -0.25) is 4.79 Å². The number of hydrogen-bond donors (Lipinski definition) is 3. The summed E-state index contributed by atoms with van der Waals surface area (Å²) in [6.45, 7) is 5.14. The Bertz CT molecular complexity index is 481. The fourth-order valence-corrected chi connectivity index (χ4v) is 1.70. The Hall–Kier alpha value is -2.08. The maximum atomic E-state index is 11.6. The molecule has 3 N–H and O–H groups in total. The van der Waals surface area contributed by atoms with Crippen LogP contribution in [0.2, 0.25) is 0 Å². The highest BCUT2D eigenvalue weighted by Crippen LogP contribution is 2.18. The van der Waals surface area contributed by atoms with Crippen molar-refractivity contribution >= 4 is 11.9 Å². The molecule has 0 radical (unpaired) electrons. The molecule has 2 unspecified atom stereocenters. The predicted octanol–water partition coefficient (Wildman–Crippen LogP) is 1.14. The van der Waals surface area contributed by atoms with E-state index in [0.29, 0.717) is 11.7 Å². The number of ether oxygens (including phenoxy) is 1. The van der Waals surface area contributed by atoms with Crippen LogP contribution in [0.1, 0.15) is 32.3 Å². The number of aliphatic carboxylic acids is 1. The zero-order chi connectivity index (χ0) is 16.0. The van der Waals surface area contributed by atoms with Crippen LogP contribution in [0.5, 0.6) is 5.75 Å². The van der Waals surface area contributed by atoms with E-state index >= 15 is 0 Å². The van der Waals surface area contributed by atoms with Crippen LogP contribution in [-0.2, 0) is 9.59 Å². The Balaban J connectivity index is 2.51. The number of carboxylic acid groups (broad SMARTS) is 1. The summed E-state index contributed by atoms with van der Waals surface area (Å²) >= 11 is 0. The summed E-state index contributed by atoms with van der Waals surface area (Å²) < 4.78 is 5.28. The SMILES string of the molecule is CC(C)c1ccc(OCC(=O)NC(C(=O)O)C(C)O)cc1. The first kappa shape index (κ1) is 17.0. The average Bonchev–Trinajstić information content (AvgIpc) is 2.42. The number of aliphatic hydroxyl groups excluding tert-OH is 1. The van der Waals surface area contributed by atoms with Crippen molar-refractivity contribution in [1.29, 1.82) is 0 Å². The molecule has 6 heteroatoms. The molecule has 1 amide bonds. The van der Waals surface area contributed by atoms with Gasteiger partial charge in [-0.05, 0) is 30.5 Å². The van der Waals surface area contributed by atoms with E-state index in [9.17, 15) is 14.7 Å². The summed E-state index contributed by atoms with van der Waals surface area (Å²) in [4.78, 5) is 22.4. The topological polar surface area (TPSA) is 95.9 Å². The Morgan fingerprint density at radius 3 is 2.19 bits per heavy atom. The molecule has 0 heterocycles. The lowest BCUT2D eigenvalue weighted by Crippen LogP contribution is -2.49. The van der Waals surface area contributed by atoms with Crippen molar-refractivity contribution < 1.29 is 24.5 Å². The van der Waals surface area contributed by atoms with Crippen molar-refractivity contribution in [3.8, 4) is 5.75 Å². The fraction of sp³-hybridized carbons (Fsp3) is 0.467. The van der Waals surface area contributed by atoms with Gasteiger partial charge in [-0.25, -0.2) is 4.79 Å². The number of carboxylic acids is 1. The first-order valence-electron chi connectivity index (χ1n) is 6.74. The lowest BCUT2D eigenvalue weighted by Gasteiger charge is -2.17. The molecule has 1 rings (SSSR count). The standard InChI is InChI=1S/C15H21NO5/c1-9(2)11-4-6-12(7-5-11)21-8-13(18)16-14(10(3)17)15(19)20/h4-7,9-10,14,17H,8H2,1-3H3,(H,16,18)(H,19,20). The van der Waals surface area contributed by atoms with Gasteiger partial charge in [0.15, 0.2) is 12.6 Å². The van der Waals surface area contributed by atoms with Crippen molar-refractivity contribution in [2.45, 2.75) is 38.8 Å². The minimum absolute atomic E-state index is 0.308. The number of rotatable bonds is 7. The summed E-state index contributed by atoms with van der Waals surface area (Å²) in [7, 11) is 0. The van der Waals surface area contributed by atoms with Gasteiger partial charge in [-0.2, -0.15) is 0 Å². The summed E-state index contributed by atoms with van der Waals surface area (Å²) in [6.07, 6.45) is -1.18. The number of carbonyl (C=O) groups excluding carboxylic acids is 1. The smallest absolute Gasteiger partial charge is 0.328 e. The maximum Gasteiger partial charge on any atom is 0.328 e. The molecule has 6 nitrogen and oxygen atoms in total. The van der Waals surface area contributed by atoms with Crippen LogP contribution in [0.15, 0.2) is 24.3 Å². The summed E-state index contributed by atoms with van der Waals surface area (Å²) in [6, 6.07) is 5.99. The molecule has 0 fully saturated rings. The van der Waals surface area contributed by atoms with Crippen LogP contribution >= 0.6 is 0 Å². The lowest BCUT2D eigenvalue weighted by molar-refractivity contribution is -0.145. The monoisotopic (exact) mass is 295 g/mol. The molecule has 0 aliphatic carbocycles. The average molecular weight is 295 g/mol. The largest absolute Gasteiger partial charge is 0.484 e. The number of hydrogen-bond acceptors (Lipinski definition) is 4. The first-order chi connectivity index (χ1) is 9.81. The molecule has 2 atom stereocenters. The van der Waals surface area contributed by atoms with E-state index in [1.165, 1.54) is 6.92 Å². The fourth-order valence-electron chi connectivity index (χ4n) is 1.70. The quantitative estimate of drug-likeness (QED) is 0.701. The van der Waals surface area contributed by atoms with E-state index in [0.717, 1.165) is 5.56 Å². The molecule has 116 valence electrons. The second kappa shape index (κ2) is 7.64. The summed E-state index contributed by atoms with van der Waals surface area (Å²) in [5.41, 5.74) is 1.16. The third kappa shape index (κ3) is 5.43. The van der Waals surface area contributed by atoms with Crippen LogP contribution in [0.4, 0.5) is 0 Å². The number of aliphatic hydroxyl groups is 1. The van der Waals surface area contributed by atoms with E-state index in [2.05, 4.69) is 19.2 Å². The van der Waals surface area contributed by atoms with Gasteiger partial charge >= 0.3 is 5.97 Å². The van der Waals surface area contributed by atoms with E-state index in [1.807, 2.05) is 12.1 Å². The van der Waals surface area contributed by atoms with E-state index in [-0.39, 0.29) is 6.61 Å². The lowest BCUT2D eigenvalue weighted by atomic mass is 10.0. The van der Waals surface area contributed by atoms with E-state index < -0.39 is 24.0 Å². The molecule has 1 aromatic carbocycles. The van der Waals surface area contributed by atoms with Gasteiger partial charge in [0.25, 0.3) is 5.91 Å². The van der Waals surface area contributed by atoms with Gasteiger partial charge in [-0.1, -0.05) is 26.0 Å². The molecule has 0 bridgehead atoms. The molecule has 0 saturated heterocycles. The van der Waals surface area contributed by atoms with Gasteiger partial charge < -0.3 is 20.3 Å². The van der Waals surface area contributed by atoms with Gasteiger partial charge in [0.05, 0.1) is 6.10 Å². The van der Waals surface area contributed by atoms with E-state index in [4.69, 9.17) is 9.84 Å². The molecular weight excluding hydrogens is 274 g/mol. The number of amides is 1. The Labute approximate surface area is 123 Å². The highest BCUT2D eigenvalue weighted by atomic mass is 16.5. The second-order valence-corrected chi connectivity index (χ2v) is 5.14. The number of carbonyl (C=O) groups is 2. The summed E-state index contributed by atoms with van der Waals surface area (Å²) in [5, 5.41) is 20.3. The molecule has 0 aromatic heterocycles. The number of benzene rings is 1. The molecule has 1 aromatic rings. The molecule has 0 saturated carbocycles. The predicted molar refractivity (Wildman–Crippen MR) is 77.3 cm³/mol. The maximum absolute atomic E-state index is 11.6. The van der Waals surface area contributed by atoms with Crippen molar-refractivity contribution in [2.24, 2.45) is 0 Å². The Morgan fingerprint density at radius 1 is 1.19 bits per heavy atom. The third-order valence-corrected chi connectivity index (χ3v) is 2.98. The van der Waals surface area contributed by atoms with Gasteiger partial charge in [0.2, 0.25) is 0 Å². The second-order valence-electron chi connectivity index (χ2n) is 5.14. The van der Waals surface area contributed by atoms with Gasteiger partial charge in [0.1, 0.15) is 5.75 Å².